The summed E-state index contributed by atoms with van der Waals surface area (Å²) in [5.74, 6) is 0.650. The summed E-state index contributed by atoms with van der Waals surface area (Å²) in [6.45, 7) is 3.09. The Hall–Kier alpha value is -1.36. The highest BCUT2D eigenvalue weighted by Crippen LogP contribution is 2.30. The Morgan fingerprint density at radius 3 is 2.69 bits per heavy atom. The number of hydrogen-bond acceptors (Lipinski definition) is 4. The van der Waals surface area contributed by atoms with Crippen LogP contribution in [0.15, 0.2) is 10.6 Å². The molecule has 0 aromatic carbocycles. The third kappa shape index (κ3) is 1.43. The molecule has 5 heteroatoms. The number of aryl methyl sites for hydroxylation is 1. The van der Waals surface area contributed by atoms with Gasteiger partial charge >= 0.3 is 0 Å². The summed E-state index contributed by atoms with van der Waals surface area (Å²) in [4.78, 5) is 14.1. The van der Waals surface area contributed by atoms with Crippen LogP contribution in [0.4, 0.5) is 0 Å². The first-order valence-electron chi connectivity index (χ1n) is 5.59. The smallest absolute Gasteiger partial charge is 0.276 e. The Morgan fingerprint density at radius 1 is 1.44 bits per heavy atom. The van der Waals surface area contributed by atoms with Crippen LogP contribution in [0.25, 0.3) is 0 Å². The van der Waals surface area contributed by atoms with Crippen molar-refractivity contribution in [3.05, 3.63) is 17.5 Å². The number of nitrogens with zero attached hydrogens (tertiary/aromatic N) is 2. The van der Waals surface area contributed by atoms with E-state index in [-0.39, 0.29) is 18.0 Å². The number of fused-ring (bicyclic) bond motifs is 2. The number of ether oxygens (including phenoxy) is 1. The van der Waals surface area contributed by atoms with E-state index < -0.39 is 0 Å². The van der Waals surface area contributed by atoms with Gasteiger partial charge in [-0.1, -0.05) is 5.16 Å². The van der Waals surface area contributed by atoms with Crippen LogP contribution in [-0.2, 0) is 4.74 Å². The number of carbonyl (C=O) groups is 1. The molecule has 0 aliphatic carbocycles. The number of aromatic nitrogens is 1. The molecular formula is C11H14N2O3. The Bertz CT molecular complexity index is 399. The molecule has 86 valence electrons. The van der Waals surface area contributed by atoms with Gasteiger partial charge in [0.1, 0.15) is 5.76 Å². The van der Waals surface area contributed by atoms with Crippen molar-refractivity contribution in [3.8, 4) is 0 Å². The maximum Gasteiger partial charge on any atom is 0.276 e. The maximum atomic E-state index is 12.2. The van der Waals surface area contributed by atoms with Crippen LogP contribution in [0.5, 0.6) is 0 Å². The van der Waals surface area contributed by atoms with Gasteiger partial charge in [0.05, 0.1) is 25.3 Å². The van der Waals surface area contributed by atoms with E-state index in [9.17, 15) is 4.79 Å². The number of amides is 1. The van der Waals surface area contributed by atoms with E-state index in [1.807, 2.05) is 4.90 Å². The number of rotatable bonds is 1. The van der Waals surface area contributed by atoms with Gasteiger partial charge in [-0.05, 0) is 19.8 Å². The zero-order chi connectivity index (χ0) is 11.1. The number of carbonyl (C=O) groups excluding carboxylic acids is 1. The highest BCUT2D eigenvalue weighted by atomic mass is 16.5. The molecule has 2 aliphatic heterocycles. The fourth-order valence-corrected chi connectivity index (χ4v) is 2.56. The predicted molar refractivity (Wildman–Crippen MR) is 55.0 cm³/mol. The molecule has 2 fully saturated rings. The van der Waals surface area contributed by atoms with Crippen molar-refractivity contribution in [1.82, 2.24) is 10.1 Å². The molecule has 3 rings (SSSR count). The summed E-state index contributed by atoms with van der Waals surface area (Å²) < 4.78 is 10.4. The Kier molecular flexibility index (Phi) is 2.21. The predicted octanol–water partition coefficient (Wildman–Crippen LogP) is 0.986. The van der Waals surface area contributed by atoms with E-state index in [4.69, 9.17) is 9.26 Å². The highest BCUT2D eigenvalue weighted by molar-refractivity contribution is 5.93. The normalized spacial score (nSPS) is 28.4. The summed E-state index contributed by atoms with van der Waals surface area (Å²) in [5, 5.41) is 3.78. The molecule has 2 unspecified atom stereocenters. The molecule has 2 aliphatic rings. The maximum absolute atomic E-state index is 12.2. The van der Waals surface area contributed by atoms with Gasteiger partial charge < -0.3 is 14.2 Å². The molecule has 3 heterocycles. The van der Waals surface area contributed by atoms with Gasteiger partial charge in [0, 0.05) is 6.07 Å². The van der Waals surface area contributed by atoms with Crippen molar-refractivity contribution >= 4 is 5.91 Å². The SMILES string of the molecule is Cc1cc(C(=O)N2C3CCC2COC3)no1. The van der Waals surface area contributed by atoms with Gasteiger partial charge in [0.25, 0.3) is 5.91 Å². The van der Waals surface area contributed by atoms with Crippen LogP contribution < -0.4 is 0 Å². The Labute approximate surface area is 93.3 Å². The Morgan fingerprint density at radius 2 is 2.12 bits per heavy atom. The van der Waals surface area contributed by atoms with Crippen LogP contribution in [0, 0.1) is 6.92 Å². The minimum atomic E-state index is -0.0207. The third-order valence-electron chi connectivity index (χ3n) is 3.32. The molecule has 16 heavy (non-hydrogen) atoms. The van der Waals surface area contributed by atoms with Crippen molar-refractivity contribution < 1.29 is 14.1 Å². The van der Waals surface area contributed by atoms with Crippen molar-refractivity contribution in [2.75, 3.05) is 13.2 Å². The second-order valence-electron chi connectivity index (χ2n) is 4.46. The van der Waals surface area contributed by atoms with Gasteiger partial charge in [-0.25, -0.2) is 0 Å². The van der Waals surface area contributed by atoms with Gasteiger partial charge in [-0.15, -0.1) is 0 Å². The van der Waals surface area contributed by atoms with Crippen LogP contribution in [0.2, 0.25) is 0 Å². The summed E-state index contributed by atoms with van der Waals surface area (Å²) in [6.07, 6.45) is 2.07. The van der Waals surface area contributed by atoms with Gasteiger partial charge in [0.2, 0.25) is 0 Å². The molecule has 1 aromatic rings. The standard InChI is InChI=1S/C11H14N2O3/c1-7-4-10(12-16-7)11(14)13-8-2-3-9(13)6-15-5-8/h4,8-9H,2-3,5-6H2,1H3. The van der Waals surface area contributed by atoms with E-state index in [0.717, 1.165) is 12.8 Å². The van der Waals surface area contributed by atoms with E-state index in [2.05, 4.69) is 5.16 Å². The minimum Gasteiger partial charge on any atom is -0.377 e. The van der Waals surface area contributed by atoms with Crippen LogP contribution >= 0.6 is 0 Å². The van der Waals surface area contributed by atoms with Crippen LogP contribution in [-0.4, -0.2) is 41.3 Å². The molecule has 0 saturated carbocycles. The van der Waals surface area contributed by atoms with Crippen molar-refractivity contribution in [2.45, 2.75) is 31.8 Å². The summed E-state index contributed by atoms with van der Waals surface area (Å²) in [7, 11) is 0. The van der Waals surface area contributed by atoms with E-state index >= 15 is 0 Å². The summed E-state index contributed by atoms with van der Waals surface area (Å²) in [6, 6.07) is 2.14. The summed E-state index contributed by atoms with van der Waals surface area (Å²) in [5.41, 5.74) is 0.413. The quantitative estimate of drug-likeness (QED) is 0.711. The lowest BCUT2D eigenvalue weighted by Gasteiger charge is -2.33. The molecule has 2 bridgehead atoms. The van der Waals surface area contributed by atoms with Crippen molar-refractivity contribution in [2.24, 2.45) is 0 Å². The lowest BCUT2D eigenvalue weighted by Crippen LogP contribution is -2.49. The molecule has 0 radical (unpaired) electrons. The van der Waals surface area contributed by atoms with E-state index in [1.54, 1.807) is 13.0 Å². The van der Waals surface area contributed by atoms with Crippen molar-refractivity contribution in [1.29, 1.82) is 0 Å². The first-order chi connectivity index (χ1) is 7.75. The van der Waals surface area contributed by atoms with Crippen molar-refractivity contribution in [3.63, 3.8) is 0 Å². The molecular weight excluding hydrogens is 208 g/mol. The lowest BCUT2D eigenvalue weighted by molar-refractivity contribution is -0.00764. The first kappa shape index (κ1) is 9.84. The lowest BCUT2D eigenvalue weighted by atomic mass is 10.2. The molecule has 5 nitrogen and oxygen atoms in total. The average Bonchev–Trinajstić information content (AvgIpc) is 2.80. The fourth-order valence-electron chi connectivity index (χ4n) is 2.56. The zero-order valence-electron chi connectivity index (χ0n) is 9.18. The molecule has 0 N–H and O–H groups in total. The summed E-state index contributed by atoms with van der Waals surface area (Å²) >= 11 is 0. The second-order valence-corrected chi connectivity index (χ2v) is 4.46. The van der Waals surface area contributed by atoms with Gasteiger partial charge in [0.15, 0.2) is 5.69 Å². The molecule has 2 atom stereocenters. The van der Waals surface area contributed by atoms with Gasteiger partial charge in [-0.2, -0.15) is 0 Å². The topological polar surface area (TPSA) is 55.6 Å². The second kappa shape index (κ2) is 3.59. The third-order valence-corrected chi connectivity index (χ3v) is 3.32. The number of morpholine rings is 1. The highest BCUT2D eigenvalue weighted by Gasteiger charge is 2.41. The fraction of sp³-hybridized carbons (Fsp3) is 0.636. The Balaban J connectivity index is 1.85. The minimum absolute atomic E-state index is 0.0207. The van der Waals surface area contributed by atoms with E-state index in [1.165, 1.54) is 0 Å². The largest absolute Gasteiger partial charge is 0.377 e. The van der Waals surface area contributed by atoms with Crippen LogP contribution in [0.1, 0.15) is 29.1 Å². The average molecular weight is 222 g/mol. The van der Waals surface area contributed by atoms with Gasteiger partial charge in [-0.3, -0.25) is 4.79 Å². The zero-order valence-corrected chi connectivity index (χ0v) is 9.18. The molecule has 1 aromatic heterocycles. The molecule has 0 spiro atoms. The molecule has 1 amide bonds. The van der Waals surface area contributed by atoms with E-state index in [0.29, 0.717) is 24.7 Å². The monoisotopic (exact) mass is 222 g/mol. The van der Waals surface area contributed by atoms with Crippen LogP contribution in [0.3, 0.4) is 0 Å². The molecule has 2 saturated heterocycles. The first-order valence-corrected chi connectivity index (χ1v) is 5.59. The number of hydrogen-bond donors (Lipinski definition) is 0.